The fraction of sp³-hybridized carbons (Fsp3) is 0.222. The molecule has 0 bridgehead atoms. The third-order valence-electron chi connectivity index (χ3n) is 4.92. The predicted octanol–water partition coefficient (Wildman–Crippen LogP) is 6.06. The second-order valence-corrected chi connectivity index (χ2v) is 7.86. The Morgan fingerprint density at radius 1 is 0.875 bits per heavy atom. The molecule has 0 amide bonds. The average Bonchev–Trinajstić information content (AvgIpc) is 3.23. The highest BCUT2D eigenvalue weighted by Gasteiger charge is 2.09. The Kier molecular flexibility index (Phi) is 6.75. The molecule has 5 heteroatoms. The molecule has 0 saturated carbocycles. The van der Waals surface area contributed by atoms with Crippen molar-refractivity contribution in [3.05, 3.63) is 84.4 Å². The number of para-hydroxylation sites is 1. The summed E-state index contributed by atoms with van der Waals surface area (Å²) in [6.07, 6.45) is 0.811. The van der Waals surface area contributed by atoms with Crippen LogP contribution in [0.3, 0.4) is 0 Å². The van der Waals surface area contributed by atoms with Crippen molar-refractivity contribution < 1.29 is 13.9 Å². The number of nitrogens with zero attached hydrogens (tertiary/aromatic N) is 1. The summed E-state index contributed by atoms with van der Waals surface area (Å²) in [4.78, 5) is 4.41. The zero-order valence-electron chi connectivity index (χ0n) is 18.5. The fourth-order valence-corrected chi connectivity index (χ4v) is 3.36. The quantitative estimate of drug-likeness (QED) is 0.200. The number of furan rings is 1. The number of fused-ring (bicyclic) bond motifs is 1. The molecule has 0 saturated heterocycles. The molecule has 1 aromatic heterocycles. The van der Waals surface area contributed by atoms with Gasteiger partial charge in [-0.25, -0.2) is 0 Å². The Morgan fingerprint density at radius 3 is 2.25 bits per heavy atom. The van der Waals surface area contributed by atoms with Crippen LogP contribution in [0.2, 0.25) is 0 Å². The van der Waals surface area contributed by atoms with Crippen LogP contribution < -0.4 is 15.2 Å². The largest absolute Gasteiger partial charge is 0.493 e. The van der Waals surface area contributed by atoms with Crippen molar-refractivity contribution in [2.45, 2.75) is 26.3 Å². The van der Waals surface area contributed by atoms with Crippen LogP contribution in [0.4, 0.5) is 0 Å². The lowest BCUT2D eigenvalue weighted by Crippen LogP contribution is -2.15. The van der Waals surface area contributed by atoms with Crippen LogP contribution in [-0.2, 0) is 0 Å². The maximum atomic E-state index is 6.10. The monoisotopic (exact) mass is 428 g/mol. The van der Waals surface area contributed by atoms with Crippen LogP contribution in [-0.4, -0.2) is 25.1 Å². The molecule has 2 N–H and O–H groups in total. The first kappa shape index (κ1) is 21.5. The smallest absolute Gasteiger partial charge is 0.135 e. The van der Waals surface area contributed by atoms with Gasteiger partial charge in [0.15, 0.2) is 0 Å². The van der Waals surface area contributed by atoms with Gasteiger partial charge in [0.05, 0.1) is 13.2 Å². The molecule has 3 aromatic carbocycles. The van der Waals surface area contributed by atoms with Gasteiger partial charge in [0.1, 0.15) is 28.7 Å². The first-order valence-electron chi connectivity index (χ1n) is 10.9. The van der Waals surface area contributed by atoms with E-state index in [1.165, 1.54) is 0 Å². The summed E-state index contributed by atoms with van der Waals surface area (Å²) in [7, 11) is 0. The first-order valence-corrected chi connectivity index (χ1v) is 10.9. The SMILES string of the molecule is CC(C)N=C(N)c1ccc2cc(-c3ccc(OCCCOc4ccccc4)cc3)oc2c1. The molecular formula is C27H28N2O3. The highest BCUT2D eigenvalue weighted by atomic mass is 16.5. The molecule has 0 aliphatic heterocycles. The lowest BCUT2D eigenvalue weighted by molar-refractivity contribution is 0.247. The van der Waals surface area contributed by atoms with Gasteiger partial charge in [-0.15, -0.1) is 0 Å². The summed E-state index contributed by atoms with van der Waals surface area (Å²) >= 11 is 0. The molecule has 32 heavy (non-hydrogen) atoms. The number of aliphatic imine (C=N–C) groups is 1. The van der Waals surface area contributed by atoms with Crippen LogP contribution in [0.15, 0.2) is 88.3 Å². The molecule has 0 unspecified atom stereocenters. The van der Waals surface area contributed by atoms with Crippen LogP contribution in [0.5, 0.6) is 11.5 Å². The second-order valence-electron chi connectivity index (χ2n) is 7.86. The first-order chi connectivity index (χ1) is 15.6. The molecule has 0 aliphatic carbocycles. The van der Waals surface area contributed by atoms with E-state index in [-0.39, 0.29) is 6.04 Å². The Morgan fingerprint density at radius 2 is 1.56 bits per heavy atom. The maximum Gasteiger partial charge on any atom is 0.135 e. The van der Waals surface area contributed by atoms with E-state index in [4.69, 9.17) is 19.6 Å². The van der Waals surface area contributed by atoms with E-state index in [0.717, 1.165) is 45.8 Å². The van der Waals surface area contributed by atoms with Gasteiger partial charge in [-0.1, -0.05) is 30.3 Å². The Hall–Kier alpha value is -3.73. The van der Waals surface area contributed by atoms with Crippen molar-refractivity contribution in [1.29, 1.82) is 0 Å². The lowest BCUT2D eigenvalue weighted by atomic mass is 10.1. The van der Waals surface area contributed by atoms with Crippen LogP contribution >= 0.6 is 0 Å². The third-order valence-corrected chi connectivity index (χ3v) is 4.92. The van der Waals surface area contributed by atoms with Crippen molar-refractivity contribution in [3.8, 4) is 22.8 Å². The molecular weight excluding hydrogens is 400 g/mol. The molecule has 5 nitrogen and oxygen atoms in total. The number of amidine groups is 1. The Labute approximate surface area is 188 Å². The maximum absolute atomic E-state index is 6.10. The molecule has 0 aliphatic rings. The number of rotatable bonds is 9. The summed E-state index contributed by atoms with van der Waals surface area (Å²) in [5.41, 5.74) is 8.75. The molecule has 0 fully saturated rings. The summed E-state index contributed by atoms with van der Waals surface area (Å²) < 4.78 is 17.6. The van der Waals surface area contributed by atoms with Gasteiger partial charge < -0.3 is 19.6 Å². The third kappa shape index (κ3) is 5.49. The van der Waals surface area contributed by atoms with Crippen LogP contribution in [0.25, 0.3) is 22.3 Å². The van der Waals surface area contributed by atoms with Gasteiger partial charge in [0.2, 0.25) is 0 Å². The van der Waals surface area contributed by atoms with Crippen LogP contribution in [0.1, 0.15) is 25.8 Å². The topological polar surface area (TPSA) is 70.0 Å². The standard InChI is InChI=1S/C27H28N2O3/c1-19(2)29-27(28)22-10-9-21-17-25(32-26(21)18-22)20-11-13-24(14-12-20)31-16-6-15-30-23-7-4-3-5-8-23/h3-5,7-14,17-19H,6,15-16H2,1-2H3,(H2,28,29). The van der Waals surface area contributed by atoms with Crippen molar-refractivity contribution in [1.82, 2.24) is 0 Å². The van der Waals surface area contributed by atoms with Crippen molar-refractivity contribution in [3.63, 3.8) is 0 Å². The second kappa shape index (κ2) is 10.1. The average molecular weight is 429 g/mol. The summed E-state index contributed by atoms with van der Waals surface area (Å²) in [6.45, 7) is 5.22. The minimum atomic E-state index is 0.148. The van der Waals surface area contributed by atoms with E-state index in [0.29, 0.717) is 19.0 Å². The van der Waals surface area contributed by atoms with Crippen molar-refractivity contribution in [2.24, 2.45) is 10.7 Å². The van der Waals surface area contributed by atoms with Gasteiger partial charge >= 0.3 is 0 Å². The highest BCUT2D eigenvalue weighted by Crippen LogP contribution is 2.29. The van der Waals surface area contributed by atoms with E-state index >= 15 is 0 Å². The minimum absolute atomic E-state index is 0.148. The number of ether oxygens (including phenoxy) is 2. The van der Waals surface area contributed by atoms with Gasteiger partial charge in [0, 0.05) is 29.0 Å². The van der Waals surface area contributed by atoms with Gasteiger partial charge in [-0.2, -0.15) is 0 Å². The molecule has 0 atom stereocenters. The van der Waals surface area contributed by atoms with Gasteiger partial charge in [-0.05, 0) is 62.4 Å². The molecule has 4 aromatic rings. The van der Waals surface area contributed by atoms with E-state index in [1.807, 2.05) is 92.7 Å². The molecule has 0 radical (unpaired) electrons. The van der Waals surface area contributed by atoms with E-state index in [1.54, 1.807) is 0 Å². The number of benzene rings is 3. The Bertz CT molecular complexity index is 1180. The summed E-state index contributed by atoms with van der Waals surface area (Å²) in [5, 5.41) is 1.03. The summed E-state index contributed by atoms with van der Waals surface area (Å²) in [6, 6.07) is 25.8. The van der Waals surface area contributed by atoms with E-state index in [2.05, 4.69) is 4.99 Å². The highest BCUT2D eigenvalue weighted by molar-refractivity contribution is 6.00. The normalized spacial score (nSPS) is 11.8. The summed E-state index contributed by atoms with van der Waals surface area (Å²) in [5.74, 6) is 3.03. The number of nitrogens with two attached hydrogens (primary N) is 1. The Balaban J connectivity index is 1.35. The van der Waals surface area contributed by atoms with E-state index < -0.39 is 0 Å². The van der Waals surface area contributed by atoms with Gasteiger partial charge in [0.25, 0.3) is 0 Å². The molecule has 0 spiro atoms. The minimum Gasteiger partial charge on any atom is -0.493 e. The molecule has 1 heterocycles. The predicted molar refractivity (Wildman–Crippen MR) is 130 cm³/mol. The number of hydrogen-bond acceptors (Lipinski definition) is 4. The van der Waals surface area contributed by atoms with Crippen molar-refractivity contribution >= 4 is 16.8 Å². The van der Waals surface area contributed by atoms with Crippen molar-refractivity contribution in [2.75, 3.05) is 13.2 Å². The molecule has 164 valence electrons. The number of hydrogen-bond donors (Lipinski definition) is 1. The van der Waals surface area contributed by atoms with E-state index in [9.17, 15) is 0 Å². The zero-order valence-corrected chi connectivity index (χ0v) is 18.5. The fourth-order valence-electron chi connectivity index (χ4n) is 3.36. The zero-order chi connectivity index (χ0) is 22.3. The lowest BCUT2D eigenvalue weighted by Gasteiger charge is -2.08. The molecule has 4 rings (SSSR count). The van der Waals surface area contributed by atoms with Crippen LogP contribution in [0, 0.1) is 0 Å². The van der Waals surface area contributed by atoms with Gasteiger partial charge in [-0.3, -0.25) is 4.99 Å².